The summed E-state index contributed by atoms with van der Waals surface area (Å²) in [7, 11) is 0. The van der Waals surface area contributed by atoms with Crippen LogP contribution >= 0.6 is 0 Å². The van der Waals surface area contributed by atoms with E-state index in [1.165, 1.54) is 0 Å². The van der Waals surface area contributed by atoms with E-state index in [0.29, 0.717) is 12.8 Å². The van der Waals surface area contributed by atoms with Crippen LogP contribution in [0.3, 0.4) is 0 Å². The Labute approximate surface area is 79.2 Å². The van der Waals surface area contributed by atoms with Gasteiger partial charge in [-0.25, -0.2) is 0 Å². The van der Waals surface area contributed by atoms with Crippen LogP contribution in [0, 0.1) is 0 Å². The van der Waals surface area contributed by atoms with Crippen molar-refractivity contribution in [2.75, 3.05) is 39.6 Å². The van der Waals surface area contributed by atoms with Gasteiger partial charge in [-0.15, -0.1) is 0 Å². The second kappa shape index (κ2) is 4.37. The smallest absolute Gasteiger partial charge is 0.147 e. The summed E-state index contributed by atoms with van der Waals surface area (Å²) in [5, 5.41) is 3.35. The zero-order valence-electron chi connectivity index (χ0n) is 8.16. The van der Waals surface area contributed by atoms with Gasteiger partial charge in [-0.05, 0) is 6.92 Å². The molecule has 2 aliphatic heterocycles. The fourth-order valence-corrected chi connectivity index (χ4v) is 1.95. The quantitative estimate of drug-likeness (QED) is 0.639. The molecular formula is C9H18N2O2. The van der Waals surface area contributed by atoms with E-state index in [9.17, 15) is 0 Å². The van der Waals surface area contributed by atoms with Crippen molar-refractivity contribution < 1.29 is 9.47 Å². The lowest BCUT2D eigenvalue weighted by Crippen LogP contribution is -2.51. The Morgan fingerprint density at radius 2 is 2.15 bits per heavy atom. The van der Waals surface area contributed by atoms with Gasteiger partial charge in [-0.2, -0.15) is 0 Å². The van der Waals surface area contributed by atoms with Crippen molar-refractivity contribution in [1.82, 2.24) is 10.2 Å². The predicted molar refractivity (Wildman–Crippen MR) is 49.6 cm³/mol. The molecule has 1 N–H and O–H groups in total. The van der Waals surface area contributed by atoms with Gasteiger partial charge in [0.15, 0.2) is 0 Å². The van der Waals surface area contributed by atoms with Crippen molar-refractivity contribution in [3.63, 3.8) is 0 Å². The molecule has 0 saturated carbocycles. The zero-order valence-corrected chi connectivity index (χ0v) is 8.16. The molecule has 0 aromatic carbocycles. The minimum absolute atomic E-state index is 0.276. The highest BCUT2D eigenvalue weighted by molar-refractivity contribution is 4.80. The van der Waals surface area contributed by atoms with Crippen LogP contribution in [-0.2, 0) is 9.47 Å². The number of nitrogens with one attached hydrogen (secondary N) is 1. The van der Waals surface area contributed by atoms with Crippen LogP contribution in [0.15, 0.2) is 0 Å². The maximum absolute atomic E-state index is 5.48. The summed E-state index contributed by atoms with van der Waals surface area (Å²) < 4.78 is 10.7. The molecule has 0 aliphatic carbocycles. The Balaban J connectivity index is 1.83. The van der Waals surface area contributed by atoms with Crippen LogP contribution in [0.25, 0.3) is 0 Å². The average Bonchev–Trinajstić information content (AvgIpc) is 2.71. The Morgan fingerprint density at radius 3 is 2.77 bits per heavy atom. The minimum Gasteiger partial charge on any atom is -0.353 e. The Kier molecular flexibility index (Phi) is 3.16. The molecule has 2 atom stereocenters. The Bertz CT molecular complexity index is 154. The zero-order chi connectivity index (χ0) is 9.10. The maximum Gasteiger partial charge on any atom is 0.147 e. The van der Waals surface area contributed by atoms with Gasteiger partial charge in [0.2, 0.25) is 0 Å². The number of hydrogen-bond donors (Lipinski definition) is 1. The van der Waals surface area contributed by atoms with E-state index < -0.39 is 0 Å². The summed E-state index contributed by atoms with van der Waals surface area (Å²) in [5.74, 6) is 0. The summed E-state index contributed by atoms with van der Waals surface area (Å²) in [6, 6.07) is 0.490. The molecule has 2 saturated heterocycles. The third-order valence-electron chi connectivity index (χ3n) is 2.91. The van der Waals surface area contributed by atoms with Crippen LogP contribution in [0.2, 0.25) is 0 Å². The van der Waals surface area contributed by atoms with Gasteiger partial charge in [0.25, 0.3) is 0 Å². The van der Waals surface area contributed by atoms with Gasteiger partial charge in [0.1, 0.15) is 6.79 Å². The molecule has 0 amide bonds. The molecule has 2 aliphatic rings. The first-order chi connectivity index (χ1) is 6.38. The van der Waals surface area contributed by atoms with Crippen molar-refractivity contribution in [2.45, 2.75) is 19.1 Å². The van der Waals surface area contributed by atoms with Crippen LogP contribution in [-0.4, -0.2) is 56.6 Å². The molecule has 2 fully saturated rings. The first kappa shape index (κ1) is 9.40. The molecule has 0 bridgehead atoms. The molecular weight excluding hydrogens is 168 g/mol. The summed E-state index contributed by atoms with van der Waals surface area (Å²) >= 11 is 0. The van der Waals surface area contributed by atoms with Crippen molar-refractivity contribution in [2.24, 2.45) is 0 Å². The average molecular weight is 186 g/mol. The largest absolute Gasteiger partial charge is 0.353 e. The van der Waals surface area contributed by atoms with E-state index in [0.717, 1.165) is 32.8 Å². The van der Waals surface area contributed by atoms with Gasteiger partial charge in [-0.3, -0.25) is 4.90 Å². The summed E-state index contributed by atoms with van der Waals surface area (Å²) in [5.41, 5.74) is 0. The SMILES string of the molecule is C[C@H]([C@@H]1COCO1)N1CCNCC1. The molecule has 0 unspecified atom stereocenters. The molecule has 76 valence electrons. The van der Waals surface area contributed by atoms with Crippen LogP contribution < -0.4 is 5.32 Å². The molecule has 2 rings (SSSR count). The summed E-state index contributed by atoms with van der Waals surface area (Å²) in [6.07, 6.45) is 0.276. The van der Waals surface area contributed by atoms with E-state index >= 15 is 0 Å². The van der Waals surface area contributed by atoms with E-state index in [2.05, 4.69) is 17.1 Å². The lowest BCUT2D eigenvalue weighted by Gasteiger charge is -2.34. The normalized spacial score (nSPS) is 33.5. The predicted octanol–water partition coefficient (Wildman–Crippen LogP) is -0.347. The fraction of sp³-hybridized carbons (Fsp3) is 1.00. The molecule has 13 heavy (non-hydrogen) atoms. The van der Waals surface area contributed by atoms with E-state index in [4.69, 9.17) is 9.47 Å². The first-order valence-electron chi connectivity index (χ1n) is 5.02. The van der Waals surface area contributed by atoms with Crippen LogP contribution in [0.4, 0.5) is 0 Å². The highest BCUT2D eigenvalue weighted by Crippen LogP contribution is 2.13. The van der Waals surface area contributed by atoms with E-state index in [1.807, 2.05) is 0 Å². The maximum atomic E-state index is 5.48. The third kappa shape index (κ3) is 2.20. The van der Waals surface area contributed by atoms with Crippen LogP contribution in [0.5, 0.6) is 0 Å². The topological polar surface area (TPSA) is 33.7 Å². The molecule has 2 heterocycles. The van der Waals surface area contributed by atoms with Gasteiger partial charge in [0.05, 0.1) is 12.7 Å². The number of piperazine rings is 1. The lowest BCUT2D eigenvalue weighted by molar-refractivity contribution is 0.0105. The van der Waals surface area contributed by atoms with E-state index in [-0.39, 0.29) is 6.10 Å². The number of nitrogens with zero attached hydrogens (tertiary/aromatic N) is 1. The highest BCUT2D eigenvalue weighted by atomic mass is 16.7. The van der Waals surface area contributed by atoms with Crippen molar-refractivity contribution in [1.29, 1.82) is 0 Å². The first-order valence-corrected chi connectivity index (χ1v) is 5.02. The molecule has 0 aromatic heterocycles. The molecule has 4 nitrogen and oxygen atoms in total. The number of rotatable bonds is 2. The van der Waals surface area contributed by atoms with E-state index in [1.54, 1.807) is 0 Å². The second-order valence-electron chi connectivity index (χ2n) is 3.72. The summed E-state index contributed by atoms with van der Waals surface area (Å²) in [6.45, 7) is 7.90. The monoisotopic (exact) mass is 186 g/mol. The standard InChI is InChI=1S/C9H18N2O2/c1-8(9-6-12-7-13-9)11-4-2-10-3-5-11/h8-10H,2-7H2,1H3/t8-,9+/m1/s1. The minimum atomic E-state index is 0.276. The van der Waals surface area contributed by atoms with Gasteiger partial charge in [0, 0.05) is 32.2 Å². The molecule has 0 aromatic rings. The Hall–Kier alpha value is -0.160. The number of hydrogen-bond acceptors (Lipinski definition) is 4. The van der Waals surface area contributed by atoms with Gasteiger partial charge >= 0.3 is 0 Å². The molecule has 0 radical (unpaired) electrons. The summed E-state index contributed by atoms with van der Waals surface area (Å²) in [4.78, 5) is 2.47. The number of ether oxygens (including phenoxy) is 2. The second-order valence-corrected chi connectivity index (χ2v) is 3.72. The lowest BCUT2D eigenvalue weighted by atomic mass is 10.1. The Morgan fingerprint density at radius 1 is 1.38 bits per heavy atom. The van der Waals surface area contributed by atoms with Crippen molar-refractivity contribution >= 4 is 0 Å². The fourth-order valence-electron chi connectivity index (χ4n) is 1.95. The third-order valence-corrected chi connectivity index (χ3v) is 2.91. The van der Waals surface area contributed by atoms with Crippen molar-refractivity contribution in [3.8, 4) is 0 Å². The van der Waals surface area contributed by atoms with Gasteiger partial charge < -0.3 is 14.8 Å². The van der Waals surface area contributed by atoms with Crippen molar-refractivity contribution in [3.05, 3.63) is 0 Å². The van der Waals surface area contributed by atoms with Crippen LogP contribution in [0.1, 0.15) is 6.92 Å². The highest BCUT2D eigenvalue weighted by Gasteiger charge is 2.28. The van der Waals surface area contributed by atoms with Gasteiger partial charge in [-0.1, -0.05) is 0 Å². The molecule has 4 heteroatoms. The molecule has 0 spiro atoms.